The molecule has 0 amide bonds. The normalized spacial score (nSPS) is 12.6. The Kier molecular flexibility index (Phi) is 5.39. The van der Waals surface area contributed by atoms with E-state index in [-0.39, 0.29) is 0 Å². The third kappa shape index (κ3) is 3.85. The highest BCUT2D eigenvalue weighted by molar-refractivity contribution is 6.46. The zero-order valence-corrected chi connectivity index (χ0v) is 14.9. The van der Waals surface area contributed by atoms with E-state index in [1.165, 1.54) is 12.1 Å². The number of pyridine rings is 1. The molecule has 1 unspecified atom stereocenters. The first-order chi connectivity index (χ1) is 13.3. The van der Waals surface area contributed by atoms with Crippen molar-refractivity contribution in [2.45, 2.75) is 25.4 Å². The molecule has 8 heteroatoms. The zero-order valence-electron chi connectivity index (χ0n) is 14.9. The minimum Gasteiger partial charge on any atom is -0.341 e. The summed E-state index contributed by atoms with van der Waals surface area (Å²) in [6.07, 6.45) is 0.462. The molecule has 0 saturated carbocycles. The molecule has 144 valence electrons. The summed E-state index contributed by atoms with van der Waals surface area (Å²) in [6, 6.07) is 8.05. The summed E-state index contributed by atoms with van der Waals surface area (Å²) in [7, 11) is 0. The number of benzene rings is 1. The SMILES string of the molecule is CCC(C(=N)C(=O)c1ccccc1C(F)(F)F)c1ncc(-c2ccncc2)[nH]1. The van der Waals surface area contributed by atoms with Crippen LogP contribution in [0.1, 0.15) is 41.0 Å². The van der Waals surface area contributed by atoms with E-state index in [0.29, 0.717) is 17.9 Å². The maximum atomic E-state index is 13.2. The van der Waals surface area contributed by atoms with Crippen LogP contribution in [0.2, 0.25) is 0 Å². The molecule has 3 aromatic rings. The van der Waals surface area contributed by atoms with Crippen LogP contribution < -0.4 is 0 Å². The molecule has 2 N–H and O–H groups in total. The average Bonchev–Trinajstić information content (AvgIpc) is 3.18. The molecule has 0 aliphatic rings. The van der Waals surface area contributed by atoms with E-state index in [2.05, 4.69) is 15.0 Å². The summed E-state index contributed by atoms with van der Waals surface area (Å²) in [5.74, 6) is -1.34. The lowest BCUT2D eigenvalue weighted by Gasteiger charge is -2.16. The van der Waals surface area contributed by atoms with Gasteiger partial charge in [-0.1, -0.05) is 25.1 Å². The Hall–Kier alpha value is -3.29. The van der Waals surface area contributed by atoms with Crippen molar-refractivity contribution in [3.63, 3.8) is 0 Å². The van der Waals surface area contributed by atoms with Crippen molar-refractivity contribution in [3.8, 4) is 11.3 Å². The topological polar surface area (TPSA) is 82.5 Å². The largest absolute Gasteiger partial charge is 0.417 e. The Morgan fingerprint density at radius 3 is 2.50 bits per heavy atom. The summed E-state index contributed by atoms with van der Waals surface area (Å²) in [6.45, 7) is 1.75. The maximum absolute atomic E-state index is 13.2. The van der Waals surface area contributed by atoms with Gasteiger partial charge >= 0.3 is 6.18 Å². The number of Topliss-reactive ketones (excluding diaryl/α,β-unsaturated/α-hetero) is 1. The molecule has 0 aliphatic carbocycles. The predicted molar refractivity (Wildman–Crippen MR) is 98.4 cm³/mol. The van der Waals surface area contributed by atoms with Gasteiger partial charge in [-0.3, -0.25) is 9.78 Å². The second-order valence-electron chi connectivity index (χ2n) is 6.16. The highest BCUT2D eigenvalue weighted by Crippen LogP contribution is 2.33. The Bertz CT molecular complexity index is 996. The number of carbonyl (C=O) groups excluding carboxylic acids is 1. The maximum Gasteiger partial charge on any atom is 0.417 e. The summed E-state index contributed by atoms with van der Waals surface area (Å²) >= 11 is 0. The number of ketones is 1. The number of carbonyl (C=O) groups is 1. The third-order valence-electron chi connectivity index (χ3n) is 4.40. The number of imidazole rings is 1. The number of nitrogens with one attached hydrogen (secondary N) is 2. The summed E-state index contributed by atoms with van der Waals surface area (Å²) in [4.78, 5) is 23.9. The van der Waals surface area contributed by atoms with E-state index in [0.717, 1.165) is 17.7 Å². The molecule has 0 radical (unpaired) electrons. The standard InChI is InChI=1S/C20H17F3N4O/c1-2-13(19-26-11-16(27-19)12-7-9-25-10-8-12)17(24)18(28)14-5-3-4-6-15(14)20(21,22)23/h3-11,13,24H,2H2,1H3,(H,26,27). The molecular weight excluding hydrogens is 369 g/mol. The van der Waals surface area contributed by atoms with E-state index < -0.39 is 34.7 Å². The summed E-state index contributed by atoms with van der Waals surface area (Å²) < 4.78 is 39.7. The molecule has 0 spiro atoms. The lowest BCUT2D eigenvalue weighted by Crippen LogP contribution is -2.25. The molecule has 0 fully saturated rings. The molecule has 5 nitrogen and oxygen atoms in total. The number of hydrogen-bond acceptors (Lipinski definition) is 4. The quantitative estimate of drug-likeness (QED) is 0.468. The summed E-state index contributed by atoms with van der Waals surface area (Å²) in [5.41, 5.74) is -0.513. The van der Waals surface area contributed by atoms with E-state index in [9.17, 15) is 18.0 Å². The van der Waals surface area contributed by atoms with Gasteiger partial charge in [-0.05, 0) is 24.6 Å². The van der Waals surface area contributed by atoms with Gasteiger partial charge in [0.15, 0.2) is 0 Å². The minimum atomic E-state index is -4.67. The number of nitrogens with zero attached hydrogens (tertiary/aromatic N) is 2. The van der Waals surface area contributed by atoms with Crippen LogP contribution in [0.15, 0.2) is 55.0 Å². The fourth-order valence-electron chi connectivity index (χ4n) is 2.96. The number of hydrogen-bond donors (Lipinski definition) is 2. The molecule has 2 heterocycles. The first kappa shape index (κ1) is 19.5. The van der Waals surface area contributed by atoms with Crippen molar-refractivity contribution >= 4 is 11.5 Å². The first-order valence-electron chi connectivity index (χ1n) is 8.57. The van der Waals surface area contributed by atoms with Gasteiger partial charge < -0.3 is 10.4 Å². The fourth-order valence-corrected chi connectivity index (χ4v) is 2.96. The Balaban J connectivity index is 1.91. The van der Waals surface area contributed by atoms with Crippen molar-refractivity contribution in [1.82, 2.24) is 15.0 Å². The smallest absolute Gasteiger partial charge is 0.341 e. The number of halogens is 3. The second-order valence-corrected chi connectivity index (χ2v) is 6.16. The second kappa shape index (κ2) is 7.75. The molecular formula is C20H17F3N4O. The van der Waals surface area contributed by atoms with Crippen LogP contribution in [0, 0.1) is 5.41 Å². The van der Waals surface area contributed by atoms with Gasteiger partial charge in [0.1, 0.15) is 5.82 Å². The van der Waals surface area contributed by atoms with Crippen LogP contribution in [-0.4, -0.2) is 26.4 Å². The van der Waals surface area contributed by atoms with Gasteiger partial charge in [-0.15, -0.1) is 0 Å². The fraction of sp³-hybridized carbons (Fsp3) is 0.200. The molecule has 2 aromatic heterocycles. The molecule has 0 aliphatic heterocycles. The highest BCUT2D eigenvalue weighted by atomic mass is 19.4. The third-order valence-corrected chi connectivity index (χ3v) is 4.40. The van der Waals surface area contributed by atoms with Crippen molar-refractivity contribution in [2.24, 2.45) is 0 Å². The number of H-pyrrole nitrogens is 1. The number of aromatic amines is 1. The molecule has 1 aromatic carbocycles. The van der Waals surface area contributed by atoms with Gasteiger partial charge in [0.25, 0.3) is 0 Å². The average molecular weight is 386 g/mol. The van der Waals surface area contributed by atoms with Crippen molar-refractivity contribution in [3.05, 3.63) is 71.9 Å². The van der Waals surface area contributed by atoms with Crippen molar-refractivity contribution < 1.29 is 18.0 Å². The van der Waals surface area contributed by atoms with Gasteiger partial charge in [-0.2, -0.15) is 13.2 Å². The van der Waals surface area contributed by atoms with Gasteiger partial charge in [0.05, 0.1) is 29.1 Å². The molecule has 0 bridgehead atoms. The van der Waals surface area contributed by atoms with Crippen LogP contribution in [0.25, 0.3) is 11.3 Å². The lowest BCUT2D eigenvalue weighted by molar-refractivity contribution is -0.137. The Labute approximate surface area is 159 Å². The van der Waals surface area contributed by atoms with E-state index in [1.54, 1.807) is 37.6 Å². The predicted octanol–water partition coefficient (Wildman–Crippen LogP) is 4.89. The van der Waals surface area contributed by atoms with Gasteiger partial charge in [0, 0.05) is 23.5 Å². The molecule has 1 atom stereocenters. The molecule has 0 saturated heterocycles. The highest BCUT2D eigenvalue weighted by Gasteiger charge is 2.36. The van der Waals surface area contributed by atoms with Crippen LogP contribution >= 0.6 is 0 Å². The van der Waals surface area contributed by atoms with Crippen molar-refractivity contribution in [1.29, 1.82) is 5.41 Å². The number of alkyl halides is 3. The van der Waals surface area contributed by atoms with Gasteiger partial charge in [0.2, 0.25) is 5.78 Å². The zero-order chi connectivity index (χ0) is 20.3. The summed E-state index contributed by atoms with van der Waals surface area (Å²) in [5, 5.41) is 8.26. The number of aromatic nitrogens is 3. The van der Waals surface area contributed by atoms with Crippen LogP contribution in [-0.2, 0) is 6.18 Å². The van der Waals surface area contributed by atoms with Gasteiger partial charge in [-0.25, -0.2) is 4.98 Å². The lowest BCUT2D eigenvalue weighted by atomic mass is 9.91. The molecule has 28 heavy (non-hydrogen) atoms. The van der Waals surface area contributed by atoms with Crippen molar-refractivity contribution in [2.75, 3.05) is 0 Å². The monoisotopic (exact) mass is 386 g/mol. The minimum absolute atomic E-state index is 0.335. The Morgan fingerprint density at radius 2 is 1.86 bits per heavy atom. The van der Waals surface area contributed by atoms with E-state index >= 15 is 0 Å². The van der Waals surface area contributed by atoms with Crippen LogP contribution in [0.3, 0.4) is 0 Å². The van der Waals surface area contributed by atoms with Crippen LogP contribution in [0.4, 0.5) is 13.2 Å². The van der Waals surface area contributed by atoms with E-state index in [1.807, 2.05) is 0 Å². The molecule has 3 rings (SSSR count). The van der Waals surface area contributed by atoms with Crippen LogP contribution in [0.5, 0.6) is 0 Å². The first-order valence-corrected chi connectivity index (χ1v) is 8.57. The van der Waals surface area contributed by atoms with E-state index in [4.69, 9.17) is 5.41 Å². The number of rotatable bonds is 6. The Morgan fingerprint density at radius 1 is 1.18 bits per heavy atom.